The van der Waals surface area contributed by atoms with Gasteiger partial charge < -0.3 is 11.1 Å². The molecular weight excluding hydrogens is 349 g/mol. The average Bonchev–Trinajstić information content (AvgIpc) is 3.04. The second-order valence-corrected chi connectivity index (χ2v) is 5.57. The maximum absolute atomic E-state index is 13.2. The monoisotopic (exact) mass is 362 g/mol. The highest BCUT2D eigenvalue weighted by molar-refractivity contribution is 6.44. The van der Waals surface area contributed by atoms with Gasteiger partial charge in [0.2, 0.25) is 5.91 Å². The van der Waals surface area contributed by atoms with Gasteiger partial charge in [0, 0.05) is 18.2 Å². The van der Waals surface area contributed by atoms with Gasteiger partial charge in [-0.25, -0.2) is 13.2 Å². The van der Waals surface area contributed by atoms with Gasteiger partial charge in [0.15, 0.2) is 11.6 Å². The Morgan fingerprint density at radius 1 is 1.08 bits per heavy atom. The lowest BCUT2D eigenvalue weighted by molar-refractivity contribution is -0.119. The molecule has 3 rings (SSSR count). The lowest BCUT2D eigenvalue weighted by Gasteiger charge is -2.20. The lowest BCUT2D eigenvalue weighted by atomic mass is 10.1. The highest BCUT2D eigenvalue weighted by atomic mass is 19.2. The molecule has 1 aliphatic rings. The van der Waals surface area contributed by atoms with Crippen molar-refractivity contribution in [1.82, 2.24) is 0 Å². The van der Waals surface area contributed by atoms with E-state index in [9.17, 15) is 22.8 Å². The van der Waals surface area contributed by atoms with E-state index in [0.717, 1.165) is 12.1 Å². The number of rotatable bonds is 4. The van der Waals surface area contributed by atoms with E-state index < -0.39 is 35.3 Å². The van der Waals surface area contributed by atoms with E-state index in [1.165, 1.54) is 35.3 Å². The smallest absolute Gasteiger partial charge is 0.271 e. The van der Waals surface area contributed by atoms with E-state index in [4.69, 9.17) is 5.73 Å². The van der Waals surface area contributed by atoms with E-state index in [-0.39, 0.29) is 17.8 Å². The van der Waals surface area contributed by atoms with E-state index in [1.807, 2.05) is 0 Å². The van der Waals surface area contributed by atoms with Gasteiger partial charge in [-0.05, 0) is 36.4 Å². The van der Waals surface area contributed by atoms with Crippen molar-refractivity contribution in [1.29, 1.82) is 0 Å². The molecule has 2 amide bonds. The van der Waals surface area contributed by atoms with Crippen LogP contribution in [0.25, 0.3) is 0 Å². The molecule has 1 heterocycles. The second-order valence-electron chi connectivity index (χ2n) is 5.57. The van der Waals surface area contributed by atoms with Crippen LogP contribution in [0.2, 0.25) is 0 Å². The summed E-state index contributed by atoms with van der Waals surface area (Å²) in [4.78, 5) is 24.0. The van der Waals surface area contributed by atoms with Crippen LogP contribution in [0, 0.1) is 17.5 Å². The van der Waals surface area contributed by atoms with E-state index in [2.05, 4.69) is 10.4 Å². The summed E-state index contributed by atoms with van der Waals surface area (Å²) in [5.41, 5.74) is 5.75. The summed E-state index contributed by atoms with van der Waals surface area (Å²) in [6, 6.07) is 7.12. The zero-order valence-corrected chi connectivity index (χ0v) is 13.2. The number of nitrogens with two attached hydrogens (primary N) is 1. The fourth-order valence-electron chi connectivity index (χ4n) is 2.48. The third-order valence-electron chi connectivity index (χ3n) is 3.77. The fourth-order valence-corrected chi connectivity index (χ4v) is 2.48. The van der Waals surface area contributed by atoms with Crippen LogP contribution in [0.15, 0.2) is 47.6 Å². The van der Waals surface area contributed by atoms with Crippen LogP contribution in [0.5, 0.6) is 0 Å². The molecule has 2 aromatic rings. The Hall–Kier alpha value is -3.36. The lowest BCUT2D eigenvalue weighted by Crippen LogP contribution is -2.39. The van der Waals surface area contributed by atoms with Crippen molar-refractivity contribution in [3.63, 3.8) is 0 Å². The average molecular weight is 362 g/mol. The zero-order valence-electron chi connectivity index (χ0n) is 13.2. The molecule has 2 aromatic carbocycles. The summed E-state index contributed by atoms with van der Waals surface area (Å²) >= 11 is 0. The summed E-state index contributed by atoms with van der Waals surface area (Å²) in [7, 11) is 0. The molecule has 3 N–H and O–H groups in total. The number of nitrogens with zero attached hydrogens (tertiary/aromatic N) is 2. The van der Waals surface area contributed by atoms with Gasteiger partial charge in [-0.3, -0.25) is 14.6 Å². The van der Waals surface area contributed by atoms with Crippen molar-refractivity contribution in [3.8, 4) is 0 Å². The number of hydrazone groups is 1. The topological polar surface area (TPSA) is 87.8 Å². The second kappa shape index (κ2) is 6.87. The quantitative estimate of drug-likeness (QED) is 0.874. The summed E-state index contributed by atoms with van der Waals surface area (Å²) < 4.78 is 39.3. The third-order valence-corrected chi connectivity index (χ3v) is 3.77. The number of hydrogen-bond donors (Lipinski definition) is 2. The van der Waals surface area contributed by atoms with Crippen molar-refractivity contribution in [2.24, 2.45) is 10.8 Å². The van der Waals surface area contributed by atoms with Gasteiger partial charge in [0.05, 0.1) is 5.69 Å². The number of nitrogens with one attached hydrogen (secondary N) is 1. The molecule has 0 spiro atoms. The minimum absolute atomic E-state index is 0.0251. The first-order chi connectivity index (χ1) is 12.3. The number of anilines is 2. The van der Waals surface area contributed by atoms with Crippen LogP contribution in [-0.2, 0) is 9.59 Å². The van der Waals surface area contributed by atoms with Crippen LogP contribution < -0.4 is 16.1 Å². The van der Waals surface area contributed by atoms with E-state index in [1.54, 1.807) is 0 Å². The molecule has 0 fully saturated rings. The van der Waals surface area contributed by atoms with E-state index in [0.29, 0.717) is 5.69 Å². The first-order valence-electron chi connectivity index (χ1n) is 7.53. The molecule has 6 nitrogen and oxygen atoms in total. The summed E-state index contributed by atoms with van der Waals surface area (Å²) in [5, 5.41) is 7.68. The highest BCUT2D eigenvalue weighted by Crippen LogP contribution is 2.25. The molecule has 26 heavy (non-hydrogen) atoms. The highest BCUT2D eigenvalue weighted by Gasteiger charge is 2.35. The predicted octanol–water partition coefficient (Wildman–Crippen LogP) is 2.16. The largest absolute Gasteiger partial charge is 0.368 e. The van der Waals surface area contributed by atoms with Crippen molar-refractivity contribution in [2.45, 2.75) is 12.5 Å². The Bertz CT molecular complexity index is 899. The first kappa shape index (κ1) is 17.5. The van der Waals surface area contributed by atoms with Crippen LogP contribution in [0.4, 0.5) is 24.5 Å². The SMILES string of the molecule is NC(=O)C1CC(C(=O)Nc2ccc(F)c(F)c2)=NN1c1ccc(F)cc1. The summed E-state index contributed by atoms with van der Waals surface area (Å²) in [6.07, 6.45) is -0.0811. The van der Waals surface area contributed by atoms with Crippen molar-refractivity contribution >= 4 is 28.9 Å². The Labute approximate surface area is 146 Å². The van der Waals surface area contributed by atoms with Gasteiger partial charge in [-0.15, -0.1) is 0 Å². The molecule has 0 saturated heterocycles. The van der Waals surface area contributed by atoms with Gasteiger partial charge in [-0.1, -0.05) is 0 Å². The Kier molecular flexibility index (Phi) is 4.61. The zero-order chi connectivity index (χ0) is 18.8. The predicted molar refractivity (Wildman–Crippen MR) is 88.9 cm³/mol. The van der Waals surface area contributed by atoms with Crippen LogP contribution >= 0.6 is 0 Å². The molecule has 1 atom stereocenters. The maximum Gasteiger partial charge on any atom is 0.271 e. The maximum atomic E-state index is 13.2. The van der Waals surface area contributed by atoms with Gasteiger partial charge in [0.1, 0.15) is 17.6 Å². The summed E-state index contributed by atoms with van der Waals surface area (Å²) in [5.74, 6) is -4.03. The molecule has 134 valence electrons. The van der Waals surface area contributed by atoms with Gasteiger partial charge in [0.25, 0.3) is 5.91 Å². The van der Waals surface area contributed by atoms with Crippen LogP contribution in [0.1, 0.15) is 6.42 Å². The van der Waals surface area contributed by atoms with E-state index >= 15 is 0 Å². The molecule has 1 aliphatic heterocycles. The van der Waals surface area contributed by atoms with Crippen LogP contribution in [-0.4, -0.2) is 23.6 Å². The Balaban J connectivity index is 1.83. The first-order valence-corrected chi connectivity index (χ1v) is 7.53. The van der Waals surface area contributed by atoms with Gasteiger partial charge in [-0.2, -0.15) is 5.10 Å². The Morgan fingerprint density at radius 3 is 2.38 bits per heavy atom. The number of benzene rings is 2. The molecule has 0 aliphatic carbocycles. The van der Waals surface area contributed by atoms with Crippen molar-refractivity contribution < 1.29 is 22.8 Å². The molecular formula is C17H13F3N4O2. The van der Waals surface area contributed by atoms with Crippen LogP contribution in [0.3, 0.4) is 0 Å². The van der Waals surface area contributed by atoms with Crippen molar-refractivity contribution in [2.75, 3.05) is 10.3 Å². The fraction of sp³-hybridized carbons (Fsp3) is 0.118. The molecule has 0 radical (unpaired) electrons. The Morgan fingerprint density at radius 2 is 1.77 bits per heavy atom. The molecule has 0 bridgehead atoms. The number of carbonyl (C=O) groups excluding carboxylic acids is 2. The molecule has 9 heteroatoms. The minimum atomic E-state index is -1.11. The standard InChI is InChI=1S/C17H13F3N4O2/c18-9-1-4-11(5-2-9)24-15(16(21)25)8-14(23-24)17(26)22-10-3-6-12(19)13(20)7-10/h1-7,15H,8H2,(H2,21,25)(H,22,26). The number of primary amides is 1. The number of amides is 2. The third kappa shape index (κ3) is 3.51. The number of hydrogen-bond acceptors (Lipinski definition) is 4. The molecule has 0 saturated carbocycles. The normalized spacial score (nSPS) is 16.3. The number of carbonyl (C=O) groups is 2. The van der Waals surface area contributed by atoms with Gasteiger partial charge >= 0.3 is 0 Å². The number of halogens is 3. The minimum Gasteiger partial charge on any atom is -0.368 e. The molecule has 0 aromatic heterocycles. The molecule has 1 unspecified atom stereocenters. The van der Waals surface area contributed by atoms with Crippen molar-refractivity contribution in [3.05, 3.63) is 59.9 Å². The summed E-state index contributed by atoms with van der Waals surface area (Å²) in [6.45, 7) is 0.